The Kier molecular flexibility index (Phi) is 4.32. The molecule has 0 spiro atoms. The van der Waals surface area contributed by atoms with Gasteiger partial charge >= 0.3 is 0 Å². The SMILES string of the molecule is Cc1cc(-c2ccccc2)nc(-c2ccc(-c3cccc4oc5ccccc5c34)cc2)n1. The van der Waals surface area contributed by atoms with E-state index < -0.39 is 0 Å². The molecule has 0 atom stereocenters. The van der Waals surface area contributed by atoms with E-state index in [1.165, 1.54) is 0 Å². The topological polar surface area (TPSA) is 38.9 Å². The zero-order valence-corrected chi connectivity index (χ0v) is 17.6. The molecule has 4 aromatic carbocycles. The molecule has 0 aliphatic heterocycles. The van der Waals surface area contributed by atoms with E-state index in [0.29, 0.717) is 0 Å². The van der Waals surface area contributed by atoms with E-state index in [0.717, 1.165) is 61.4 Å². The first kappa shape index (κ1) is 18.5. The summed E-state index contributed by atoms with van der Waals surface area (Å²) in [5.74, 6) is 0.738. The van der Waals surface area contributed by atoms with E-state index in [2.05, 4.69) is 59.6 Å². The average molecular weight is 412 g/mol. The van der Waals surface area contributed by atoms with Crippen LogP contribution in [0.3, 0.4) is 0 Å². The molecule has 6 aromatic rings. The van der Waals surface area contributed by atoms with E-state index in [1.54, 1.807) is 0 Å². The molecule has 0 aliphatic carbocycles. The van der Waals surface area contributed by atoms with Crippen molar-refractivity contribution in [1.82, 2.24) is 9.97 Å². The zero-order valence-electron chi connectivity index (χ0n) is 17.6. The second-order valence-electron chi connectivity index (χ2n) is 7.94. The molecular weight excluding hydrogens is 392 g/mol. The summed E-state index contributed by atoms with van der Waals surface area (Å²) in [5, 5.41) is 2.28. The van der Waals surface area contributed by atoms with Crippen molar-refractivity contribution >= 4 is 21.9 Å². The molecule has 6 rings (SSSR count). The summed E-state index contributed by atoms with van der Waals surface area (Å²) in [7, 11) is 0. The van der Waals surface area contributed by atoms with E-state index in [1.807, 2.05) is 55.5 Å². The maximum atomic E-state index is 6.06. The quantitative estimate of drug-likeness (QED) is 0.299. The predicted octanol–water partition coefficient (Wildman–Crippen LogP) is 7.69. The third-order valence-electron chi connectivity index (χ3n) is 5.78. The fraction of sp³-hybridized carbons (Fsp3) is 0.0345. The van der Waals surface area contributed by atoms with Gasteiger partial charge in [0.1, 0.15) is 11.2 Å². The van der Waals surface area contributed by atoms with Crippen molar-refractivity contribution in [2.75, 3.05) is 0 Å². The lowest BCUT2D eigenvalue weighted by molar-refractivity contribution is 0.669. The maximum Gasteiger partial charge on any atom is 0.160 e. The van der Waals surface area contributed by atoms with Gasteiger partial charge in [-0.2, -0.15) is 0 Å². The highest BCUT2D eigenvalue weighted by molar-refractivity contribution is 6.12. The highest BCUT2D eigenvalue weighted by Gasteiger charge is 2.13. The molecule has 0 radical (unpaired) electrons. The number of furan rings is 1. The summed E-state index contributed by atoms with van der Waals surface area (Å²) in [6, 6.07) is 35.1. The Morgan fingerprint density at radius 1 is 0.594 bits per heavy atom. The number of benzene rings is 4. The Labute approximate surface area is 186 Å². The molecule has 0 unspecified atom stereocenters. The van der Waals surface area contributed by atoms with Crippen LogP contribution in [0.4, 0.5) is 0 Å². The molecule has 3 heteroatoms. The number of aromatic nitrogens is 2. The second-order valence-corrected chi connectivity index (χ2v) is 7.94. The summed E-state index contributed by atoms with van der Waals surface area (Å²) < 4.78 is 6.06. The minimum atomic E-state index is 0.738. The minimum absolute atomic E-state index is 0.738. The molecule has 152 valence electrons. The molecule has 0 aliphatic rings. The molecule has 0 bridgehead atoms. The Balaban J connectivity index is 1.44. The van der Waals surface area contributed by atoms with Crippen molar-refractivity contribution in [3.05, 3.63) is 109 Å². The van der Waals surface area contributed by atoms with Gasteiger partial charge in [-0.3, -0.25) is 0 Å². The van der Waals surface area contributed by atoms with Crippen LogP contribution in [-0.2, 0) is 0 Å². The minimum Gasteiger partial charge on any atom is -0.456 e. The van der Waals surface area contributed by atoms with Crippen LogP contribution in [0.5, 0.6) is 0 Å². The number of nitrogens with zero attached hydrogens (tertiary/aromatic N) is 2. The van der Waals surface area contributed by atoms with Crippen LogP contribution < -0.4 is 0 Å². The second kappa shape index (κ2) is 7.47. The zero-order chi connectivity index (χ0) is 21.5. The van der Waals surface area contributed by atoms with Crippen LogP contribution in [0.1, 0.15) is 5.69 Å². The largest absolute Gasteiger partial charge is 0.456 e. The number of rotatable bonds is 3. The number of para-hydroxylation sites is 1. The fourth-order valence-corrected chi connectivity index (χ4v) is 4.27. The molecule has 0 amide bonds. The van der Waals surface area contributed by atoms with E-state index >= 15 is 0 Å². The van der Waals surface area contributed by atoms with Crippen LogP contribution in [0.15, 0.2) is 108 Å². The van der Waals surface area contributed by atoms with Crippen molar-refractivity contribution < 1.29 is 4.42 Å². The van der Waals surface area contributed by atoms with Gasteiger partial charge < -0.3 is 4.42 Å². The molecule has 32 heavy (non-hydrogen) atoms. The molecule has 0 N–H and O–H groups in total. The Hall–Kier alpha value is -4.24. The van der Waals surface area contributed by atoms with Gasteiger partial charge in [-0.25, -0.2) is 9.97 Å². The molecule has 3 nitrogen and oxygen atoms in total. The van der Waals surface area contributed by atoms with Crippen molar-refractivity contribution in [3.8, 4) is 33.8 Å². The average Bonchev–Trinajstić information content (AvgIpc) is 3.23. The summed E-state index contributed by atoms with van der Waals surface area (Å²) >= 11 is 0. The Morgan fingerprint density at radius 2 is 1.31 bits per heavy atom. The standard InChI is InChI=1S/C29H20N2O/c1-19-18-25(21-8-3-2-4-9-21)31-29(30-19)22-16-14-20(15-17-22)23-11-7-13-27-28(23)24-10-5-6-12-26(24)32-27/h2-18H,1H3. The summed E-state index contributed by atoms with van der Waals surface area (Å²) in [4.78, 5) is 9.52. The lowest BCUT2D eigenvalue weighted by Crippen LogP contribution is -1.95. The van der Waals surface area contributed by atoms with Crippen molar-refractivity contribution in [1.29, 1.82) is 0 Å². The van der Waals surface area contributed by atoms with Gasteiger partial charge in [0.2, 0.25) is 0 Å². The van der Waals surface area contributed by atoms with Gasteiger partial charge in [0.05, 0.1) is 5.69 Å². The van der Waals surface area contributed by atoms with E-state index in [9.17, 15) is 0 Å². The van der Waals surface area contributed by atoms with E-state index in [-0.39, 0.29) is 0 Å². The fourth-order valence-electron chi connectivity index (χ4n) is 4.27. The molecule has 2 aromatic heterocycles. The van der Waals surface area contributed by atoms with Crippen LogP contribution in [0.25, 0.3) is 55.7 Å². The van der Waals surface area contributed by atoms with Gasteiger partial charge in [0.15, 0.2) is 5.82 Å². The smallest absolute Gasteiger partial charge is 0.160 e. The van der Waals surface area contributed by atoms with Gasteiger partial charge in [-0.1, -0.05) is 84.9 Å². The van der Waals surface area contributed by atoms with Gasteiger partial charge in [0.25, 0.3) is 0 Å². The molecule has 2 heterocycles. The normalized spacial score (nSPS) is 11.3. The lowest BCUT2D eigenvalue weighted by atomic mass is 9.98. The first-order valence-corrected chi connectivity index (χ1v) is 10.7. The van der Waals surface area contributed by atoms with Crippen molar-refractivity contribution in [2.45, 2.75) is 6.92 Å². The third kappa shape index (κ3) is 3.15. The van der Waals surface area contributed by atoms with Crippen LogP contribution >= 0.6 is 0 Å². The lowest BCUT2D eigenvalue weighted by Gasteiger charge is -2.08. The van der Waals surface area contributed by atoms with Crippen LogP contribution in [-0.4, -0.2) is 9.97 Å². The van der Waals surface area contributed by atoms with E-state index in [4.69, 9.17) is 9.40 Å². The highest BCUT2D eigenvalue weighted by atomic mass is 16.3. The Bertz CT molecular complexity index is 1560. The summed E-state index contributed by atoms with van der Waals surface area (Å²) in [5.41, 5.74) is 8.10. The van der Waals surface area contributed by atoms with Crippen molar-refractivity contribution in [2.24, 2.45) is 0 Å². The van der Waals surface area contributed by atoms with Crippen LogP contribution in [0, 0.1) is 6.92 Å². The summed E-state index contributed by atoms with van der Waals surface area (Å²) in [6.45, 7) is 2.01. The first-order chi connectivity index (χ1) is 15.8. The Morgan fingerprint density at radius 3 is 2.16 bits per heavy atom. The molecular formula is C29H20N2O. The first-order valence-electron chi connectivity index (χ1n) is 10.7. The maximum absolute atomic E-state index is 6.06. The molecule has 0 fully saturated rings. The van der Waals surface area contributed by atoms with Gasteiger partial charge in [-0.15, -0.1) is 0 Å². The molecule has 0 saturated carbocycles. The highest BCUT2D eigenvalue weighted by Crippen LogP contribution is 2.37. The number of hydrogen-bond acceptors (Lipinski definition) is 3. The number of fused-ring (bicyclic) bond motifs is 3. The number of aryl methyl sites for hydroxylation is 1. The van der Waals surface area contributed by atoms with Crippen molar-refractivity contribution in [3.63, 3.8) is 0 Å². The van der Waals surface area contributed by atoms with Crippen LogP contribution in [0.2, 0.25) is 0 Å². The monoisotopic (exact) mass is 412 g/mol. The predicted molar refractivity (Wildman–Crippen MR) is 130 cm³/mol. The van der Waals surface area contributed by atoms with Gasteiger partial charge in [0, 0.05) is 27.6 Å². The molecule has 0 saturated heterocycles. The van der Waals surface area contributed by atoms with Gasteiger partial charge in [-0.05, 0) is 36.2 Å². The third-order valence-corrected chi connectivity index (χ3v) is 5.78. The number of hydrogen-bond donors (Lipinski definition) is 0. The summed E-state index contributed by atoms with van der Waals surface area (Å²) in [6.07, 6.45) is 0.